The van der Waals surface area contributed by atoms with Crippen LogP contribution in [0.3, 0.4) is 0 Å². The van der Waals surface area contributed by atoms with Crippen molar-refractivity contribution in [1.29, 1.82) is 5.26 Å². The van der Waals surface area contributed by atoms with E-state index in [1.165, 1.54) is 0 Å². The molecular formula is C13H20N4O2. The highest BCUT2D eigenvalue weighted by atomic mass is 16.5. The molecular weight excluding hydrogens is 244 g/mol. The molecule has 0 radical (unpaired) electrons. The van der Waals surface area contributed by atoms with Crippen molar-refractivity contribution in [3.63, 3.8) is 0 Å². The SMILES string of the molecule is CCN(CCOCCO)c1nnc(C)c(C)c1C#N. The number of likely N-dealkylation sites (N-methyl/N-ethyl adjacent to an activating group) is 1. The van der Waals surface area contributed by atoms with Gasteiger partial charge in [0, 0.05) is 13.1 Å². The van der Waals surface area contributed by atoms with Crippen LogP contribution in [0.5, 0.6) is 0 Å². The first-order valence-corrected chi connectivity index (χ1v) is 6.33. The number of aliphatic hydroxyl groups is 1. The molecule has 6 heteroatoms. The van der Waals surface area contributed by atoms with E-state index in [0.29, 0.717) is 37.7 Å². The minimum absolute atomic E-state index is 0.0129. The number of anilines is 1. The first-order chi connectivity index (χ1) is 9.15. The Hall–Kier alpha value is -1.71. The van der Waals surface area contributed by atoms with E-state index >= 15 is 0 Å². The quantitative estimate of drug-likeness (QED) is 0.733. The summed E-state index contributed by atoms with van der Waals surface area (Å²) in [5, 5.41) is 26.1. The van der Waals surface area contributed by atoms with Gasteiger partial charge < -0.3 is 14.7 Å². The second-order valence-corrected chi connectivity index (χ2v) is 4.14. The van der Waals surface area contributed by atoms with Crippen molar-refractivity contribution in [2.24, 2.45) is 0 Å². The number of aromatic nitrogens is 2. The summed E-state index contributed by atoms with van der Waals surface area (Å²) in [5.41, 5.74) is 2.20. The summed E-state index contributed by atoms with van der Waals surface area (Å²) in [6.45, 7) is 7.85. The number of ether oxygens (including phenoxy) is 1. The first-order valence-electron chi connectivity index (χ1n) is 6.33. The van der Waals surface area contributed by atoms with E-state index < -0.39 is 0 Å². The Morgan fingerprint density at radius 2 is 2.05 bits per heavy atom. The third kappa shape index (κ3) is 3.88. The monoisotopic (exact) mass is 264 g/mol. The lowest BCUT2D eigenvalue weighted by Crippen LogP contribution is -2.29. The maximum atomic E-state index is 9.27. The predicted octanol–water partition coefficient (Wildman–Crippen LogP) is 0.800. The largest absolute Gasteiger partial charge is 0.394 e. The third-order valence-corrected chi connectivity index (χ3v) is 2.97. The van der Waals surface area contributed by atoms with Gasteiger partial charge in [-0.3, -0.25) is 0 Å². The van der Waals surface area contributed by atoms with E-state index in [9.17, 15) is 5.26 Å². The van der Waals surface area contributed by atoms with Crippen molar-refractivity contribution < 1.29 is 9.84 Å². The van der Waals surface area contributed by atoms with Gasteiger partial charge in [0.25, 0.3) is 0 Å². The fraction of sp³-hybridized carbons (Fsp3) is 0.615. The Bertz CT molecular complexity index is 457. The summed E-state index contributed by atoms with van der Waals surface area (Å²) in [6, 6.07) is 2.20. The second kappa shape index (κ2) is 7.67. The topological polar surface area (TPSA) is 82.3 Å². The summed E-state index contributed by atoms with van der Waals surface area (Å²) in [6.07, 6.45) is 0. The molecule has 0 bridgehead atoms. The van der Waals surface area contributed by atoms with Crippen LogP contribution >= 0.6 is 0 Å². The van der Waals surface area contributed by atoms with Gasteiger partial charge in [-0.15, -0.1) is 5.10 Å². The molecule has 0 saturated carbocycles. The number of hydrogen-bond acceptors (Lipinski definition) is 6. The van der Waals surface area contributed by atoms with Gasteiger partial charge in [-0.25, -0.2) is 0 Å². The van der Waals surface area contributed by atoms with Crippen molar-refractivity contribution in [3.8, 4) is 6.07 Å². The molecule has 1 aromatic rings. The zero-order valence-electron chi connectivity index (χ0n) is 11.7. The van der Waals surface area contributed by atoms with Gasteiger partial charge in [0.1, 0.15) is 11.6 Å². The highest BCUT2D eigenvalue weighted by Crippen LogP contribution is 2.20. The van der Waals surface area contributed by atoms with Gasteiger partial charge >= 0.3 is 0 Å². The molecule has 1 aromatic heterocycles. The molecule has 0 fully saturated rings. The summed E-state index contributed by atoms with van der Waals surface area (Å²) < 4.78 is 5.24. The highest BCUT2D eigenvalue weighted by molar-refractivity contribution is 5.57. The fourth-order valence-electron chi connectivity index (χ4n) is 1.71. The van der Waals surface area contributed by atoms with E-state index in [1.807, 2.05) is 25.7 Å². The first kappa shape index (κ1) is 15.3. The molecule has 0 aliphatic rings. The Balaban J connectivity index is 2.87. The van der Waals surface area contributed by atoms with Gasteiger partial charge in [-0.05, 0) is 26.3 Å². The van der Waals surface area contributed by atoms with Gasteiger partial charge in [-0.1, -0.05) is 0 Å². The van der Waals surface area contributed by atoms with Crippen molar-refractivity contribution in [1.82, 2.24) is 10.2 Å². The predicted molar refractivity (Wildman–Crippen MR) is 72.0 cm³/mol. The highest BCUT2D eigenvalue weighted by Gasteiger charge is 2.15. The van der Waals surface area contributed by atoms with Crippen LogP contribution in [0.1, 0.15) is 23.7 Å². The van der Waals surface area contributed by atoms with Crippen molar-refractivity contribution in [2.45, 2.75) is 20.8 Å². The van der Waals surface area contributed by atoms with Crippen molar-refractivity contribution in [3.05, 3.63) is 16.8 Å². The molecule has 0 aliphatic carbocycles. The summed E-state index contributed by atoms with van der Waals surface area (Å²) in [5.74, 6) is 0.598. The standard InChI is InChI=1S/C13H20N4O2/c1-4-17(5-7-19-8-6-18)13-12(9-14)10(2)11(3)15-16-13/h18H,4-8H2,1-3H3. The molecule has 0 aliphatic heterocycles. The van der Waals surface area contributed by atoms with E-state index in [0.717, 1.165) is 11.3 Å². The van der Waals surface area contributed by atoms with E-state index in [1.54, 1.807) is 0 Å². The minimum atomic E-state index is 0.0129. The number of nitriles is 1. The van der Waals surface area contributed by atoms with Crippen LogP contribution in [0.4, 0.5) is 5.82 Å². The molecule has 0 amide bonds. The van der Waals surface area contributed by atoms with Crippen LogP contribution in [0.15, 0.2) is 0 Å². The van der Waals surface area contributed by atoms with Gasteiger partial charge in [0.05, 0.1) is 25.5 Å². The molecule has 0 atom stereocenters. The molecule has 0 spiro atoms. The molecule has 0 aromatic carbocycles. The van der Waals surface area contributed by atoms with Crippen molar-refractivity contribution in [2.75, 3.05) is 37.8 Å². The normalized spacial score (nSPS) is 10.3. The number of aliphatic hydroxyl groups excluding tert-OH is 1. The molecule has 104 valence electrons. The zero-order valence-corrected chi connectivity index (χ0v) is 11.7. The van der Waals surface area contributed by atoms with Crippen LogP contribution < -0.4 is 4.90 Å². The molecule has 0 unspecified atom stereocenters. The number of nitrogens with zero attached hydrogens (tertiary/aromatic N) is 4. The van der Waals surface area contributed by atoms with Crippen molar-refractivity contribution >= 4 is 5.82 Å². The van der Waals surface area contributed by atoms with E-state index in [4.69, 9.17) is 9.84 Å². The maximum Gasteiger partial charge on any atom is 0.169 e. The fourth-order valence-corrected chi connectivity index (χ4v) is 1.71. The average molecular weight is 264 g/mol. The smallest absolute Gasteiger partial charge is 0.169 e. The lowest BCUT2D eigenvalue weighted by Gasteiger charge is -2.23. The lowest BCUT2D eigenvalue weighted by atomic mass is 10.1. The Kier molecular flexibility index (Phi) is 6.19. The van der Waals surface area contributed by atoms with Crippen LogP contribution in [-0.4, -0.2) is 48.2 Å². The number of rotatable bonds is 7. The van der Waals surface area contributed by atoms with Crippen LogP contribution in [-0.2, 0) is 4.74 Å². The average Bonchev–Trinajstić information content (AvgIpc) is 2.42. The Labute approximate surface area is 113 Å². The molecule has 6 nitrogen and oxygen atoms in total. The molecule has 1 N–H and O–H groups in total. The van der Waals surface area contributed by atoms with Crippen LogP contribution in [0.25, 0.3) is 0 Å². The lowest BCUT2D eigenvalue weighted by molar-refractivity contribution is 0.0967. The molecule has 0 saturated heterocycles. The van der Waals surface area contributed by atoms with E-state index in [2.05, 4.69) is 16.3 Å². The summed E-state index contributed by atoms with van der Waals surface area (Å²) >= 11 is 0. The molecule has 19 heavy (non-hydrogen) atoms. The van der Waals surface area contributed by atoms with Gasteiger partial charge in [0.2, 0.25) is 0 Å². The Morgan fingerprint density at radius 1 is 1.32 bits per heavy atom. The third-order valence-electron chi connectivity index (χ3n) is 2.97. The van der Waals surface area contributed by atoms with E-state index in [-0.39, 0.29) is 6.61 Å². The summed E-state index contributed by atoms with van der Waals surface area (Å²) in [4.78, 5) is 1.95. The maximum absolute atomic E-state index is 9.27. The number of hydrogen-bond donors (Lipinski definition) is 1. The van der Waals surface area contributed by atoms with Crippen LogP contribution in [0.2, 0.25) is 0 Å². The van der Waals surface area contributed by atoms with Crippen LogP contribution in [0, 0.1) is 25.2 Å². The molecule has 1 heterocycles. The number of aryl methyl sites for hydroxylation is 1. The minimum Gasteiger partial charge on any atom is -0.394 e. The zero-order chi connectivity index (χ0) is 14.3. The second-order valence-electron chi connectivity index (χ2n) is 4.14. The summed E-state index contributed by atoms with van der Waals surface area (Å²) in [7, 11) is 0. The Morgan fingerprint density at radius 3 is 2.63 bits per heavy atom. The molecule has 1 rings (SSSR count). The van der Waals surface area contributed by atoms with Gasteiger partial charge in [-0.2, -0.15) is 10.4 Å². The van der Waals surface area contributed by atoms with Gasteiger partial charge in [0.15, 0.2) is 5.82 Å².